The zero-order valence-electron chi connectivity index (χ0n) is 13.4. The van der Waals surface area contributed by atoms with E-state index in [0.717, 1.165) is 9.44 Å². The maximum atomic E-state index is 12.4. The van der Waals surface area contributed by atoms with Crippen LogP contribution in [0.3, 0.4) is 0 Å². The number of carbonyl (C=O) groups excluding carboxylic acids is 1. The summed E-state index contributed by atoms with van der Waals surface area (Å²) in [7, 11) is 2.94. The molecule has 3 aromatic rings. The molecule has 0 fully saturated rings. The van der Waals surface area contributed by atoms with E-state index < -0.39 is 11.2 Å². The fourth-order valence-corrected chi connectivity index (χ4v) is 3.21. The van der Waals surface area contributed by atoms with Gasteiger partial charge in [0.05, 0.1) is 17.0 Å². The second-order valence-corrected chi connectivity index (χ2v) is 6.49. The lowest BCUT2D eigenvalue weighted by Gasteiger charge is -2.13. The highest BCUT2D eigenvalue weighted by Crippen LogP contribution is 2.18. The molecule has 3 aromatic heterocycles. The molecule has 0 saturated carbocycles. The second-order valence-electron chi connectivity index (χ2n) is 5.51. The summed E-state index contributed by atoms with van der Waals surface area (Å²) in [6.07, 6.45) is 1.37. The quantitative estimate of drug-likeness (QED) is 0.773. The van der Waals surface area contributed by atoms with Gasteiger partial charge in [-0.25, -0.2) is 9.78 Å². The number of rotatable bonds is 3. The number of hydrogen-bond donors (Lipinski definition) is 1. The fraction of sp³-hybridized carbons (Fsp3) is 0.250. The van der Waals surface area contributed by atoms with Gasteiger partial charge in [-0.15, -0.1) is 11.3 Å². The molecule has 24 heavy (non-hydrogen) atoms. The van der Waals surface area contributed by atoms with Crippen molar-refractivity contribution in [2.45, 2.75) is 13.0 Å². The average Bonchev–Trinajstić information content (AvgIpc) is 3.12. The summed E-state index contributed by atoms with van der Waals surface area (Å²) >= 11 is 1.56. The minimum Gasteiger partial charge on any atom is -0.345 e. The number of hydrogen-bond acceptors (Lipinski definition) is 5. The summed E-state index contributed by atoms with van der Waals surface area (Å²) < 4.78 is 2.28. The number of amides is 1. The molecule has 0 radical (unpaired) electrons. The Hall–Kier alpha value is -2.74. The van der Waals surface area contributed by atoms with Gasteiger partial charge < -0.3 is 5.32 Å². The normalized spacial score (nSPS) is 12.3. The molecule has 0 aliphatic rings. The van der Waals surface area contributed by atoms with Crippen molar-refractivity contribution < 1.29 is 4.79 Å². The Morgan fingerprint density at radius 1 is 1.29 bits per heavy atom. The van der Waals surface area contributed by atoms with Crippen LogP contribution < -0.4 is 16.6 Å². The first-order valence-corrected chi connectivity index (χ1v) is 8.18. The van der Waals surface area contributed by atoms with E-state index in [2.05, 4.69) is 10.3 Å². The van der Waals surface area contributed by atoms with E-state index >= 15 is 0 Å². The highest BCUT2D eigenvalue weighted by atomic mass is 32.1. The van der Waals surface area contributed by atoms with Gasteiger partial charge in [-0.1, -0.05) is 6.07 Å². The summed E-state index contributed by atoms with van der Waals surface area (Å²) in [5.41, 5.74) is -0.391. The molecule has 3 rings (SSSR count). The number of fused-ring (bicyclic) bond motifs is 1. The van der Waals surface area contributed by atoms with Crippen LogP contribution in [0.15, 0.2) is 39.4 Å². The number of aryl methyl sites for hydroxylation is 1. The predicted octanol–water partition coefficient (Wildman–Crippen LogP) is 1.18. The molecule has 0 aliphatic carbocycles. The number of thiophene rings is 1. The van der Waals surface area contributed by atoms with Gasteiger partial charge in [0.2, 0.25) is 0 Å². The maximum absolute atomic E-state index is 12.4. The van der Waals surface area contributed by atoms with Crippen LogP contribution in [-0.2, 0) is 14.1 Å². The van der Waals surface area contributed by atoms with Crippen molar-refractivity contribution in [3.8, 4) is 0 Å². The van der Waals surface area contributed by atoms with Gasteiger partial charge in [-0.05, 0) is 24.4 Å². The van der Waals surface area contributed by atoms with E-state index in [9.17, 15) is 14.4 Å². The molecule has 124 valence electrons. The highest BCUT2D eigenvalue weighted by molar-refractivity contribution is 7.10. The first-order valence-electron chi connectivity index (χ1n) is 7.30. The molecule has 3 heterocycles. The Morgan fingerprint density at radius 3 is 2.71 bits per heavy atom. The summed E-state index contributed by atoms with van der Waals surface area (Å²) in [4.78, 5) is 41.8. The molecule has 1 amide bonds. The van der Waals surface area contributed by atoms with Gasteiger partial charge in [0.1, 0.15) is 5.65 Å². The largest absolute Gasteiger partial charge is 0.345 e. The predicted molar refractivity (Wildman–Crippen MR) is 92.4 cm³/mol. The van der Waals surface area contributed by atoms with Crippen LogP contribution >= 0.6 is 11.3 Å². The summed E-state index contributed by atoms with van der Waals surface area (Å²) in [6.45, 7) is 1.89. The Morgan fingerprint density at radius 2 is 2.04 bits per heavy atom. The Balaban J connectivity index is 2.00. The van der Waals surface area contributed by atoms with Crippen LogP contribution in [0.1, 0.15) is 28.2 Å². The first kappa shape index (κ1) is 16.1. The Kier molecular flexibility index (Phi) is 4.06. The van der Waals surface area contributed by atoms with E-state index in [1.165, 1.54) is 30.9 Å². The van der Waals surface area contributed by atoms with Crippen molar-refractivity contribution in [2.75, 3.05) is 0 Å². The summed E-state index contributed by atoms with van der Waals surface area (Å²) in [5, 5.41) is 5.05. The van der Waals surface area contributed by atoms with Crippen LogP contribution in [0.25, 0.3) is 11.0 Å². The van der Waals surface area contributed by atoms with Crippen molar-refractivity contribution in [2.24, 2.45) is 14.1 Å². The molecule has 0 unspecified atom stereocenters. The Bertz CT molecular complexity index is 1030. The minimum absolute atomic E-state index is 0.142. The topological polar surface area (TPSA) is 86.0 Å². The molecule has 0 aliphatic heterocycles. The molecule has 0 spiro atoms. The van der Waals surface area contributed by atoms with Gasteiger partial charge >= 0.3 is 5.69 Å². The third kappa shape index (κ3) is 2.65. The standard InChI is InChI=1S/C16H16N4O3S/c1-9(12-5-4-6-24-12)18-14(21)10-7-11-13(17-8-10)19(2)16(23)20(3)15(11)22/h4-9H,1-3H3,(H,18,21)/t9-/m0/s1. The number of nitrogens with one attached hydrogen (secondary N) is 1. The SMILES string of the molecule is C[C@H](NC(=O)c1cnc2c(c1)c(=O)n(C)c(=O)n2C)c1cccs1. The van der Waals surface area contributed by atoms with Crippen molar-refractivity contribution in [3.05, 3.63) is 61.1 Å². The highest BCUT2D eigenvalue weighted by Gasteiger charge is 2.16. The molecule has 0 aromatic carbocycles. The van der Waals surface area contributed by atoms with Crippen LogP contribution in [0.4, 0.5) is 0 Å². The molecular formula is C16H16N4O3S. The minimum atomic E-state index is -0.471. The lowest BCUT2D eigenvalue weighted by Crippen LogP contribution is -2.37. The van der Waals surface area contributed by atoms with Crippen molar-refractivity contribution in [1.29, 1.82) is 0 Å². The number of pyridine rings is 1. The number of nitrogens with zero attached hydrogens (tertiary/aromatic N) is 3. The molecule has 8 heteroatoms. The van der Waals surface area contributed by atoms with Crippen molar-refractivity contribution >= 4 is 28.3 Å². The average molecular weight is 344 g/mol. The Labute approximate surface area is 141 Å². The zero-order valence-corrected chi connectivity index (χ0v) is 14.3. The lowest BCUT2D eigenvalue weighted by atomic mass is 10.2. The van der Waals surface area contributed by atoms with Gasteiger partial charge in [0.25, 0.3) is 11.5 Å². The van der Waals surface area contributed by atoms with Crippen molar-refractivity contribution in [1.82, 2.24) is 19.4 Å². The summed E-state index contributed by atoms with van der Waals surface area (Å²) in [5.74, 6) is -0.318. The maximum Gasteiger partial charge on any atom is 0.332 e. The lowest BCUT2D eigenvalue weighted by molar-refractivity contribution is 0.0940. The number of carbonyl (C=O) groups is 1. The third-order valence-electron chi connectivity index (χ3n) is 3.87. The van der Waals surface area contributed by atoms with Crippen LogP contribution in [0, 0.1) is 0 Å². The van der Waals surface area contributed by atoms with Gasteiger partial charge in [0.15, 0.2) is 0 Å². The fourth-order valence-electron chi connectivity index (χ4n) is 2.48. The smallest absolute Gasteiger partial charge is 0.332 e. The van der Waals surface area contributed by atoms with E-state index in [1.807, 2.05) is 24.4 Å². The molecule has 0 bridgehead atoms. The zero-order chi connectivity index (χ0) is 17.4. The molecule has 0 saturated heterocycles. The molecular weight excluding hydrogens is 328 g/mol. The van der Waals surface area contributed by atoms with Crippen molar-refractivity contribution in [3.63, 3.8) is 0 Å². The van der Waals surface area contributed by atoms with Gasteiger partial charge in [-0.2, -0.15) is 0 Å². The van der Waals surface area contributed by atoms with Crippen LogP contribution in [-0.4, -0.2) is 20.0 Å². The van der Waals surface area contributed by atoms with Crippen LogP contribution in [0.2, 0.25) is 0 Å². The summed E-state index contributed by atoms with van der Waals surface area (Å²) in [6, 6.07) is 5.20. The third-order valence-corrected chi connectivity index (χ3v) is 4.93. The molecule has 1 N–H and O–H groups in total. The van der Waals surface area contributed by atoms with E-state index in [-0.39, 0.29) is 28.5 Å². The van der Waals surface area contributed by atoms with E-state index in [4.69, 9.17) is 0 Å². The monoisotopic (exact) mass is 344 g/mol. The first-order chi connectivity index (χ1) is 11.4. The van der Waals surface area contributed by atoms with E-state index in [1.54, 1.807) is 11.3 Å². The second kappa shape index (κ2) is 6.04. The van der Waals surface area contributed by atoms with Crippen LogP contribution in [0.5, 0.6) is 0 Å². The number of aromatic nitrogens is 3. The molecule has 1 atom stereocenters. The van der Waals surface area contributed by atoms with Gasteiger partial charge in [-0.3, -0.25) is 18.7 Å². The van der Waals surface area contributed by atoms with E-state index in [0.29, 0.717) is 0 Å². The van der Waals surface area contributed by atoms with Gasteiger partial charge in [0, 0.05) is 25.2 Å². The molecule has 7 nitrogen and oxygen atoms in total.